The van der Waals surface area contributed by atoms with Gasteiger partial charge in [-0.15, -0.1) is 0 Å². The molecular formula is C19H31N3O2S. The van der Waals surface area contributed by atoms with Gasteiger partial charge in [0.25, 0.3) is 0 Å². The predicted molar refractivity (Wildman–Crippen MR) is 105 cm³/mol. The minimum Gasteiger partial charge on any atom is -0.357 e. The van der Waals surface area contributed by atoms with Gasteiger partial charge in [-0.1, -0.05) is 36.8 Å². The number of hydrogen-bond donors (Lipinski definition) is 2. The molecule has 0 bridgehead atoms. The fraction of sp³-hybridized carbons (Fsp3) is 0.632. The van der Waals surface area contributed by atoms with Crippen LogP contribution in [0, 0.1) is 12.3 Å². The number of benzene rings is 1. The number of guanidine groups is 1. The molecule has 1 fully saturated rings. The molecule has 0 aromatic heterocycles. The second-order valence-electron chi connectivity index (χ2n) is 7.46. The molecule has 5 nitrogen and oxygen atoms in total. The first-order chi connectivity index (χ1) is 11.7. The molecule has 1 aliphatic rings. The fourth-order valence-electron chi connectivity index (χ4n) is 2.93. The third-order valence-electron chi connectivity index (χ3n) is 4.66. The second-order valence-corrected chi connectivity index (χ2v) is 9.60. The molecule has 1 unspecified atom stereocenters. The summed E-state index contributed by atoms with van der Waals surface area (Å²) in [4.78, 5) is 4.64. The third-order valence-corrected chi connectivity index (χ3v) is 5.80. The zero-order chi connectivity index (χ0) is 18.5. The number of sulfone groups is 1. The predicted octanol–water partition coefficient (Wildman–Crippen LogP) is 2.48. The first-order valence-corrected chi connectivity index (χ1v) is 11.1. The lowest BCUT2D eigenvalue weighted by Gasteiger charge is -2.18. The van der Waals surface area contributed by atoms with Crippen molar-refractivity contribution in [3.8, 4) is 0 Å². The molecular weight excluding hydrogens is 334 g/mol. The molecule has 2 N–H and O–H groups in total. The van der Waals surface area contributed by atoms with Gasteiger partial charge < -0.3 is 10.6 Å². The van der Waals surface area contributed by atoms with Gasteiger partial charge in [-0.25, -0.2) is 8.42 Å². The van der Waals surface area contributed by atoms with Crippen molar-refractivity contribution in [3.63, 3.8) is 0 Å². The van der Waals surface area contributed by atoms with Crippen molar-refractivity contribution < 1.29 is 8.42 Å². The smallest absolute Gasteiger partial charge is 0.191 e. The number of nitrogens with zero attached hydrogens (tertiary/aromatic N) is 1. The fourth-order valence-corrected chi connectivity index (χ4v) is 4.42. The van der Waals surface area contributed by atoms with Crippen molar-refractivity contribution in [2.24, 2.45) is 10.4 Å². The van der Waals surface area contributed by atoms with E-state index in [4.69, 9.17) is 0 Å². The van der Waals surface area contributed by atoms with Crippen LogP contribution in [0.3, 0.4) is 0 Å². The number of nitrogens with one attached hydrogen (secondary N) is 2. The highest BCUT2D eigenvalue weighted by Crippen LogP contribution is 2.46. The Bertz CT molecular complexity index is 692. The van der Waals surface area contributed by atoms with Gasteiger partial charge in [0.1, 0.15) is 9.84 Å². The summed E-state index contributed by atoms with van der Waals surface area (Å²) in [6.07, 6.45) is 3.20. The zero-order valence-electron chi connectivity index (χ0n) is 15.8. The lowest BCUT2D eigenvalue weighted by Crippen LogP contribution is -2.39. The summed E-state index contributed by atoms with van der Waals surface area (Å²) >= 11 is 0. The third kappa shape index (κ3) is 6.69. The van der Waals surface area contributed by atoms with Crippen LogP contribution in [-0.2, 0) is 9.84 Å². The number of aryl methyl sites for hydroxylation is 1. The van der Waals surface area contributed by atoms with Gasteiger partial charge in [0.05, 0.1) is 5.75 Å². The van der Waals surface area contributed by atoms with Crippen LogP contribution >= 0.6 is 0 Å². The first kappa shape index (κ1) is 19.8. The molecule has 1 atom stereocenters. The lowest BCUT2D eigenvalue weighted by molar-refractivity contribution is 0.549. The Balaban J connectivity index is 1.92. The first-order valence-electron chi connectivity index (χ1n) is 8.99. The quantitative estimate of drug-likeness (QED) is 0.548. The van der Waals surface area contributed by atoms with E-state index in [1.165, 1.54) is 17.4 Å². The summed E-state index contributed by atoms with van der Waals surface area (Å²) in [6.45, 7) is 8.44. The summed E-state index contributed by atoms with van der Waals surface area (Å²) in [5.41, 5.74) is 2.42. The molecule has 1 aromatic carbocycles. The van der Waals surface area contributed by atoms with E-state index in [1.54, 1.807) is 0 Å². The SMILES string of the molecule is CCNC(=NCC1(CS(C)(=O)=O)CC1)NCC(C)c1ccc(C)cc1. The van der Waals surface area contributed by atoms with Crippen molar-refractivity contribution in [1.29, 1.82) is 0 Å². The Morgan fingerprint density at radius 1 is 1.24 bits per heavy atom. The minimum atomic E-state index is -2.95. The van der Waals surface area contributed by atoms with Gasteiger partial charge in [-0.2, -0.15) is 0 Å². The molecule has 6 heteroatoms. The maximum atomic E-state index is 11.6. The van der Waals surface area contributed by atoms with E-state index in [-0.39, 0.29) is 11.2 Å². The highest BCUT2D eigenvalue weighted by Gasteiger charge is 2.45. The van der Waals surface area contributed by atoms with E-state index < -0.39 is 9.84 Å². The van der Waals surface area contributed by atoms with Crippen molar-refractivity contribution >= 4 is 15.8 Å². The van der Waals surface area contributed by atoms with Crippen LogP contribution in [0.15, 0.2) is 29.3 Å². The van der Waals surface area contributed by atoms with E-state index in [1.807, 2.05) is 6.92 Å². The zero-order valence-corrected chi connectivity index (χ0v) is 16.6. The second kappa shape index (κ2) is 8.21. The molecule has 1 aromatic rings. The van der Waals surface area contributed by atoms with E-state index in [0.717, 1.165) is 31.9 Å². The van der Waals surface area contributed by atoms with Crippen LogP contribution in [0.4, 0.5) is 0 Å². The summed E-state index contributed by atoms with van der Waals surface area (Å²) in [5.74, 6) is 1.37. The van der Waals surface area contributed by atoms with Crippen LogP contribution in [0.1, 0.15) is 43.7 Å². The van der Waals surface area contributed by atoms with Crippen molar-refractivity contribution in [3.05, 3.63) is 35.4 Å². The molecule has 0 heterocycles. The average Bonchev–Trinajstić information content (AvgIpc) is 3.28. The van der Waals surface area contributed by atoms with E-state index >= 15 is 0 Å². The van der Waals surface area contributed by atoms with Gasteiger partial charge in [0, 0.05) is 31.3 Å². The Hall–Kier alpha value is -1.56. The maximum Gasteiger partial charge on any atom is 0.191 e. The largest absolute Gasteiger partial charge is 0.357 e. The molecule has 0 saturated heterocycles. The standard InChI is InChI=1S/C19H31N3O2S/c1-5-20-18(22-13-19(10-11-19)14-25(4,23)24)21-12-16(3)17-8-6-15(2)7-9-17/h6-9,16H,5,10-14H2,1-4H3,(H2,20,21,22). The minimum absolute atomic E-state index is 0.140. The van der Waals surface area contributed by atoms with Gasteiger partial charge in [0.2, 0.25) is 0 Å². The normalized spacial score (nSPS) is 17.8. The maximum absolute atomic E-state index is 11.6. The molecule has 25 heavy (non-hydrogen) atoms. The molecule has 0 spiro atoms. The summed E-state index contributed by atoms with van der Waals surface area (Å²) in [6, 6.07) is 8.59. The van der Waals surface area contributed by atoms with Crippen molar-refractivity contribution in [2.45, 2.75) is 39.5 Å². The van der Waals surface area contributed by atoms with Crippen LogP contribution in [0.5, 0.6) is 0 Å². The molecule has 0 aliphatic heterocycles. The molecule has 1 aliphatic carbocycles. The topological polar surface area (TPSA) is 70.6 Å². The van der Waals surface area contributed by atoms with Crippen LogP contribution in [-0.4, -0.2) is 46.0 Å². The van der Waals surface area contributed by atoms with Crippen LogP contribution in [0.25, 0.3) is 0 Å². The Morgan fingerprint density at radius 3 is 2.40 bits per heavy atom. The highest BCUT2D eigenvalue weighted by molar-refractivity contribution is 7.90. The molecule has 2 rings (SSSR count). The van der Waals surface area contributed by atoms with Gasteiger partial charge in [0.15, 0.2) is 5.96 Å². The molecule has 140 valence electrons. The Labute approximate surface area is 152 Å². The van der Waals surface area contributed by atoms with Gasteiger partial charge in [-0.05, 0) is 38.2 Å². The van der Waals surface area contributed by atoms with Gasteiger partial charge >= 0.3 is 0 Å². The van der Waals surface area contributed by atoms with Gasteiger partial charge in [-0.3, -0.25) is 4.99 Å². The van der Waals surface area contributed by atoms with E-state index in [9.17, 15) is 8.42 Å². The monoisotopic (exact) mass is 365 g/mol. The van der Waals surface area contributed by atoms with E-state index in [0.29, 0.717) is 12.5 Å². The highest BCUT2D eigenvalue weighted by atomic mass is 32.2. The Kier molecular flexibility index (Phi) is 6.49. The summed E-state index contributed by atoms with van der Waals surface area (Å²) < 4.78 is 23.1. The number of rotatable bonds is 8. The molecule has 1 saturated carbocycles. The van der Waals surface area contributed by atoms with E-state index in [2.05, 4.69) is 53.7 Å². The van der Waals surface area contributed by atoms with Crippen LogP contribution in [0.2, 0.25) is 0 Å². The molecule has 0 radical (unpaired) electrons. The van der Waals surface area contributed by atoms with Crippen molar-refractivity contribution in [1.82, 2.24) is 10.6 Å². The average molecular weight is 366 g/mol. The number of hydrogen-bond acceptors (Lipinski definition) is 3. The molecule has 0 amide bonds. The summed E-state index contributed by atoms with van der Waals surface area (Å²) in [5, 5.41) is 6.64. The summed E-state index contributed by atoms with van der Waals surface area (Å²) in [7, 11) is -2.95. The van der Waals surface area contributed by atoms with Crippen molar-refractivity contribution in [2.75, 3.05) is 31.6 Å². The lowest BCUT2D eigenvalue weighted by atomic mass is 10.0. The Morgan fingerprint density at radius 2 is 1.88 bits per heavy atom. The number of aliphatic imine (C=N–C) groups is 1. The van der Waals surface area contributed by atoms with Crippen LogP contribution < -0.4 is 10.6 Å².